The maximum absolute atomic E-state index is 12.9. The molecule has 2 rings (SSSR count). The molecule has 7 heteroatoms. The number of aromatic amines is 1. The second-order valence-corrected chi connectivity index (χ2v) is 7.19. The molecule has 2 N–H and O–H groups in total. The molecule has 1 atom stereocenters. The summed E-state index contributed by atoms with van der Waals surface area (Å²) in [5, 5.41) is 10.1. The van der Waals surface area contributed by atoms with Gasteiger partial charge in [0, 0.05) is 19.1 Å². The van der Waals surface area contributed by atoms with Crippen molar-refractivity contribution in [3.63, 3.8) is 0 Å². The molecule has 1 fully saturated rings. The van der Waals surface area contributed by atoms with Crippen molar-refractivity contribution in [2.75, 3.05) is 13.1 Å². The first-order valence-electron chi connectivity index (χ1n) is 7.25. The second kappa shape index (κ2) is 6.24. The van der Waals surface area contributed by atoms with Crippen molar-refractivity contribution in [2.45, 2.75) is 57.5 Å². The van der Waals surface area contributed by atoms with Crippen LogP contribution >= 0.6 is 0 Å². The molecule has 1 aromatic rings. The molecule has 1 saturated heterocycles. The van der Waals surface area contributed by atoms with E-state index in [4.69, 9.17) is 0 Å². The highest BCUT2D eigenvalue weighted by atomic mass is 32.2. The zero-order valence-corrected chi connectivity index (χ0v) is 13.3. The summed E-state index contributed by atoms with van der Waals surface area (Å²) in [6.07, 6.45) is 2.96. The lowest BCUT2D eigenvalue weighted by Crippen LogP contribution is -2.42. The zero-order chi connectivity index (χ0) is 14.8. The monoisotopic (exact) mass is 300 g/mol. The van der Waals surface area contributed by atoms with E-state index in [0.717, 1.165) is 25.8 Å². The van der Waals surface area contributed by atoms with Gasteiger partial charge in [-0.05, 0) is 33.2 Å². The van der Waals surface area contributed by atoms with Crippen LogP contribution in [0, 0.1) is 6.92 Å². The van der Waals surface area contributed by atoms with E-state index in [1.165, 1.54) is 0 Å². The number of sulfonamides is 1. The van der Waals surface area contributed by atoms with Crippen molar-refractivity contribution >= 4 is 10.0 Å². The number of nitrogens with one attached hydrogen (secondary N) is 2. The van der Waals surface area contributed by atoms with E-state index in [2.05, 4.69) is 15.5 Å². The lowest BCUT2D eigenvalue weighted by Gasteiger charge is -2.32. The normalized spacial score (nSPS) is 21.2. The smallest absolute Gasteiger partial charge is 0.247 e. The fourth-order valence-electron chi connectivity index (χ4n) is 2.72. The molecular formula is C13H24N4O2S. The molecule has 0 amide bonds. The van der Waals surface area contributed by atoms with E-state index in [-0.39, 0.29) is 6.04 Å². The number of hydrogen-bond acceptors (Lipinski definition) is 4. The van der Waals surface area contributed by atoms with Crippen LogP contribution in [0.25, 0.3) is 0 Å². The fraction of sp³-hybridized carbons (Fsp3) is 0.769. The fourth-order valence-corrected chi connectivity index (χ4v) is 4.75. The van der Waals surface area contributed by atoms with Crippen molar-refractivity contribution in [1.82, 2.24) is 19.8 Å². The number of aromatic nitrogens is 2. The Balaban J connectivity index is 2.35. The Morgan fingerprint density at radius 1 is 1.45 bits per heavy atom. The Morgan fingerprint density at radius 3 is 2.85 bits per heavy atom. The van der Waals surface area contributed by atoms with E-state index in [0.29, 0.717) is 29.4 Å². The molecule has 6 nitrogen and oxygen atoms in total. The molecule has 20 heavy (non-hydrogen) atoms. The van der Waals surface area contributed by atoms with Crippen molar-refractivity contribution < 1.29 is 8.42 Å². The Morgan fingerprint density at radius 2 is 2.20 bits per heavy atom. The van der Waals surface area contributed by atoms with Crippen LogP contribution in [0.4, 0.5) is 0 Å². The molecule has 1 aliphatic heterocycles. The summed E-state index contributed by atoms with van der Waals surface area (Å²) in [6, 6.07) is 0.0648. The van der Waals surface area contributed by atoms with Crippen LogP contribution in [0.3, 0.4) is 0 Å². The molecule has 0 spiro atoms. The minimum absolute atomic E-state index is 0.0648. The number of piperidine rings is 1. The number of H-pyrrole nitrogens is 1. The average Bonchev–Trinajstić information content (AvgIpc) is 2.78. The molecule has 0 bridgehead atoms. The van der Waals surface area contributed by atoms with Crippen molar-refractivity contribution in [3.05, 3.63) is 11.4 Å². The maximum Gasteiger partial charge on any atom is 0.247 e. The van der Waals surface area contributed by atoms with Crippen LogP contribution in [-0.4, -0.2) is 42.1 Å². The quantitative estimate of drug-likeness (QED) is 0.861. The molecule has 114 valence electrons. The van der Waals surface area contributed by atoms with Crippen molar-refractivity contribution in [1.29, 1.82) is 0 Å². The van der Waals surface area contributed by atoms with Gasteiger partial charge in [-0.1, -0.05) is 13.3 Å². The number of aryl methyl sites for hydroxylation is 1. The first kappa shape index (κ1) is 15.5. The molecule has 1 aromatic heterocycles. The highest BCUT2D eigenvalue weighted by Gasteiger charge is 2.34. The first-order valence-corrected chi connectivity index (χ1v) is 8.69. The minimum atomic E-state index is -3.46. The van der Waals surface area contributed by atoms with Gasteiger partial charge in [-0.15, -0.1) is 0 Å². The van der Waals surface area contributed by atoms with Gasteiger partial charge in [0.05, 0.1) is 11.4 Å². The van der Waals surface area contributed by atoms with E-state index in [9.17, 15) is 8.42 Å². The van der Waals surface area contributed by atoms with Crippen LogP contribution in [0.2, 0.25) is 0 Å². The molecule has 1 unspecified atom stereocenters. The summed E-state index contributed by atoms with van der Waals surface area (Å²) >= 11 is 0. The molecule has 0 aliphatic carbocycles. The minimum Gasteiger partial charge on any atom is -0.311 e. The largest absolute Gasteiger partial charge is 0.311 e. The SMILES string of the molecule is CCNCc1n[nH]c(C)c1S(=O)(=O)N1CCCCC1C. The predicted octanol–water partition coefficient (Wildman–Crippen LogP) is 1.39. The van der Waals surface area contributed by atoms with E-state index >= 15 is 0 Å². The summed E-state index contributed by atoms with van der Waals surface area (Å²) in [5.41, 5.74) is 1.21. The molecule has 0 aromatic carbocycles. The Bertz CT molecular complexity index is 553. The number of hydrogen-bond donors (Lipinski definition) is 2. The second-order valence-electron chi connectivity index (χ2n) is 5.37. The predicted molar refractivity (Wildman–Crippen MR) is 77.9 cm³/mol. The summed E-state index contributed by atoms with van der Waals surface area (Å²) in [7, 11) is -3.46. The van der Waals surface area contributed by atoms with Crippen LogP contribution in [0.5, 0.6) is 0 Å². The van der Waals surface area contributed by atoms with Gasteiger partial charge < -0.3 is 5.32 Å². The molecular weight excluding hydrogens is 276 g/mol. The maximum atomic E-state index is 12.9. The third kappa shape index (κ3) is 2.89. The molecule has 0 saturated carbocycles. The van der Waals surface area contributed by atoms with Gasteiger partial charge >= 0.3 is 0 Å². The summed E-state index contributed by atoms with van der Waals surface area (Å²) in [5.74, 6) is 0. The lowest BCUT2D eigenvalue weighted by atomic mass is 10.1. The van der Waals surface area contributed by atoms with Crippen molar-refractivity contribution in [2.24, 2.45) is 0 Å². The van der Waals surface area contributed by atoms with E-state index in [1.54, 1.807) is 11.2 Å². The average molecular weight is 300 g/mol. The highest BCUT2D eigenvalue weighted by molar-refractivity contribution is 7.89. The Labute approximate surface area is 121 Å². The molecule has 0 radical (unpaired) electrons. The van der Waals surface area contributed by atoms with Gasteiger partial charge in [0.2, 0.25) is 10.0 Å². The third-order valence-electron chi connectivity index (χ3n) is 3.81. The van der Waals surface area contributed by atoms with Crippen LogP contribution in [-0.2, 0) is 16.6 Å². The van der Waals surface area contributed by atoms with Crippen LogP contribution < -0.4 is 5.32 Å². The number of rotatable bonds is 5. The van der Waals surface area contributed by atoms with Gasteiger partial charge in [-0.2, -0.15) is 9.40 Å². The van der Waals surface area contributed by atoms with Gasteiger partial charge in [0.1, 0.15) is 4.90 Å². The molecule has 1 aliphatic rings. The summed E-state index contributed by atoms with van der Waals surface area (Å²) < 4.78 is 27.4. The zero-order valence-electron chi connectivity index (χ0n) is 12.4. The van der Waals surface area contributed by atoms with Gasteiger partial charge in [-0.3, -0.25) is 5.10 Å². The summed E-state index contributed by atoms with van der Waals surface area (Å²) in [4.78, 5) is 0.354. The van der Waals surface area contributed by atoms with Crippen LogP contribution in [0.15, 0.2) is 4.90 Å². The molecule has 2 heterocycles. The van der Waals surface area contributed by atoms with E-state index < -0.39 is 10.0 Å². The third-order valence-corrected chi connectivity index (χ3v) is 6.03. The standard InChI is InChI=1S/C13H24N4O2S/c1-4-14-9-12-13(11(3)15-16-12)20(18,19)17-8-6-5-7-10(17)2/h10,14H,4-9H2,1-3H3,(H,15,16). The topological polar surface area (TPSA) is 78.1 Å². The van der Waals surface area contributed by atoms with E-state index in [1.807, 2.05) is 13.8 Å². The van der Waals surface area contributed by atoms with Crippen molar-refractivity contribution in [3.8, 4) is 0 Å². The van der Waals surface area contributed by atoms with Gasteiger partial charge in [-0.25, -0.2) is 8.42 Å². The van der Waals surface area contributed by atoms with Gasteiger partial charge in [0.25, 0.3) is 0 Å². The van der Waals surface area contributed by atoms with Crippen LogP contribution in [0.1, 0.15) is 44.5 Å². The first-order chi connectivity index (χ1) is 9.48. The Kier molecular flexibility index (Phi) is 4.82. The van der Waals surface area contributed by atoms with Gasteiger partial charge in [0.15, 0.2) is 0 Å². The Hall–Kier alpha value is -0.920. The highest BCUT2D eigenvalue weighted by Crippen LogP contribution is 2.28. The lowest BCUT2D eigenvalue weighted by molar-refractivity contribution is 0.268. The number of nitrogens with zero attached hydrogens (tertiary/aromatic N) is 2. The summed E-state index contributed by atoms with van der Waals surface area (Å²) in [6.45, 7) is 7.60.